The van der Waals surface area contributed by atoms with Crippen LogP contribution in [-0.2, 0) is 4.79 Å². The molecule has 0 aliphatic carbocycles. The highest BCUT2D eigenvalue weighted by Gasteiger charge is 2.16. The van der Waals surface area contributed by atoms with Crippen molar-refractivity contribution in [2.45, 2.75) is 6.42 Å². The molecule has 1 amide bonds. The maximum atomic E-state index is 12.4. The van der Waals surface area contributed by atoms with E-state index in [4.69, 9.17) is 4.74 Å². The molecule has 1 heterocycles. The fraction of sp³-hybridized carbons (Fsp3) is 0.300. The van der Waals surface area contributed by atoms with Crippen LogP contribution in [-0.4, -0.2) is 49.4 Å². The minimum Gasteiger partial charge on any atom is -0.484 e. The predicted octanol–water partition coefficient (Wildman–Crippen LogP) is 2.12. The molecule has 3 rings (SSSR count). The zero-order valence-corrected chi connectivity index (χ0v) is 14.1. The van der Waals surface area contributed by atoms with Gasteiger partial charge in [0.2, 0.25) is 0 Å². The first-order valence-electron chi connectivity index (χ1n) is 8.55. The molecule has 130 valence electrons. The molecule has 0 saturated carbocycles. The minimum absolute atomic E-state index is 0.00635. The Hall–Kier alpha value is -2.66. The summed E-state index contributed by atoms with van der Waals surface area (Å²) in [4.78, 5) is 26.4. The Balaban J connectivity index is 1.55. The van der Waals surface area contributed by atoms with Gasteiger partial charge in [-0.25, -0.2) is 0 Å². The highest BCUT2D eigenvalue weighted by molar-refractivity contribution is 6.08. The van der Waals surface area contributed by atoms with Crippen molar-refractivity contribution in [2.75, 3.05) is 32.8 Å². The highest BCUT2D eigenvalue weighted by Crippen LogP contribution is 2.15. The number of nitrogens with zero attached hydrogens (tertiary/aromatic N) is 1. The van der Waals surface area contributed by atoms with E-state index in [9.17, 15) is 9.59 Å². The molecule has 2 aromatic carbocycles. The lowest BCUT2D eigenvalue weighted by molar-refractivity contribution is -0.133. The number of rotatable bonds is 5. The van der Waals surface area contributed by atoms with Crippen molar-refractivity contribution in [1.82, 2.24) is 10.2 Å². The van der Waals surface area contributed by atoms with E-state index in [2.05, 4.69) is 5.32 Å². The van der Waals surface area contributed by atoms with Crippen LogP contribution in [0.1, 0.15) is 22.3 Å². The predicted molar refractivity (Wildman–Crippen MR) is 95.9 cm³/mol. The second-order valence-electron chi connectivity index (χ2n) is 5.99. The van der Waals surface area contributed by atoms with Crippen LogP contribution in [0.25, 0.3) is 0 Å². The molecule has 0 unspecified atom stereocenters. The number of nitrogens with one attached hydrogen (secondary N) is 1. The molecule has 5 heteroatoms. The van der Waals surface area contributed by atoms with E-state index in [-0.39, 0.29) is 18.3 Å². The van der Waals surface area contributed by atoms with E-state index in [1.54, 1.807) is 36.4 Å². The Morgan fingerprint density at radius 3 is 2.40 bits per heavy atom. The number of hydrogen-bond donors (Lipinski definition) is 1. The zero-order chi connectivity index (χ0) is 17.5. The number of carbonyl (C=O) groups excluding carboxylic acids is 2. The summed E-state index contributed by atoms with van der Waals surface area (Å²) < 4.78 is 5.58. The first kappa shape index (κ1) is 17.2. The standard InChI is InChI=1S/C20H22N2O3/c23-19(22-13-4-11-21-12-14-22)15-25-18-9-7-17(8-10-18)20(24)16-5-2-1-3-6-16/h1-3,5-10,21H,4,11-15H2. The average Bonchev–Trinajstić information content (AvgIpc) is 2.96. The molecular formula is C20H22N2O3. The lowest BCUT2D eigenvalue weighted by atomic mass is 10.0. The van der Waals surface area contributed by atoms with Gasteiger partial charge in [0.15, 0.2) is 12.4 Å². The summed E-state index contributed by atoms with van der Waals surface area (Å²) in [6, 6.07) is 16.1. The zero-order valence-electron chi connectivity index (χ0n) is 14.1. The van der Waals surface area contributed by atoms with E-state index >= 15 is 0 Å². The van der Waals surface area contributed by atoms with E-state index in [1.165, 1.54) is 0 Å². The van der Waals surface area contributed by atoms with Crippen LogP contribution >= 0.6 is 0 Å². The number of ether oxygens (including phenoxy) is 1. The summed E-state index contributed by atoms with van der Waals surface area (Å²) in [6.07, 6.45) is 0.960. The lowest BCUT2D eigenvalue weighted by Gasteiger charge is -2.20. The smallest absolute Gasteiger partial charge is 0.260 e. The van der Waals surface area contributed by atoms with Gasteiger partial charge in [0, 0.05) is 30.8 Å². The van der Waals surface area contributed by atoms with Gasteiger partial charge in [0.1, 0.15) is 5.75 Å². The van der Waals surface area contributed by atoms with Crippen molar-refractivity contribution >= 4 is 11.7 Å². The molecule has 2 aromatic rings. The summed E-state index contributed by atoms with van der Waals surface area (Å²) in [5, 5.41) is 3.27. The molecule has 1 aliphatic rings. The summed E-state index contributed by atoms with van der Waals surface area (Å²) in [5.41, 5.74) is 1.25. The van der Waals surface area contributed by atoms with Crippen LogP contribution in [0.5, 0.6) is 5.75 Å². The highest BCUT2D eigenvalue weighted by atomic mass is 16.5. The van der Waals surface area contributed by atoms with Gasteiger partial charge in [0.05, 0.1) is 0 Å². The van der Waals surface area contributed by atoms with Crippen LogP contribution in [0, 0.1) is 0 Å². The minimum atomic E-state index is -0.0275. The topological polar surface area (TPSA) is 58.6 Å². The summed E-state index contributed by atoms with van der Waals surface area (Å²) in [5.74, 6) is 0.555. The van der Waals surface area contributed by atoms with Gasteiger partial charge in [-0.15, -0.1) is 0 Å². The van der Waals surface area contributed by atoms with Gasteiger partial charge in [0.25, 0.3) is 5.91 Å². The molecule has 1 saturated heterocycles. The summed E-state index contributed by atoms with van der Waals surface area (Å²) in [7, 11) is 0. The summed E-state index contributed by atoms with van der Waals surface area (Å²) in [6.45, 7) is 3.27. The van der Waals surface area contributed by atoms with Gasteiger partial charge < -0.3 is 15.0 Å². The first-order valence-corrected chi connectivity index (χ1v) is 8.55. The Morgan fingerprint density at radius 2 is 1.64 bits per heavy atom. The third-order valence-electron chi connectivity index (χ3n) is 4.21. The molecule has 1 fully saturated rings. The van der Waals surface area contributed by atoms with E-state index in [0.29, 0.717) is 23.4 Å². The van der Waals surface area contributed by atoms with Crippen LogP contribution in [0.4, 0.5) is 0 Å². The van der Waals surface area contributed by atoms with Crippen LogP contribution in [0.2, 0.25) is 0 Å². The molecule has 0 aromatic heterocycles. The lowest BCUT2D eigenvalue weighted by Crippen LogP contribution is -2.37. The number of carbonyl (C=O) groups is 2. The monoisotopic (exact) mass is 338 g/mol. The summed E-state index contributed by atoms with van der Waals surface area (Å²) >= 11 is 0. The maximum absolute atomic E-state index is 12.4. The normalized spacial score (nSPS) is 14.6. The molecule has 0 atom stereocenters. The van der Waals surface area contributed by atoms with Crippen molar-refractivity contribution in [3.63, 3.8) is 0 Å². The van der Waals surface area contributed by atoms with Gasteiger partial charge in [-0.3, -0.25) is 9.59 Å². The first-order chi connectivity index (χ1) is 12.2. The SMILES string of the molecule is O=C(c1ccccc1)c1ccc(OCC(=O)N2CCCNCC2)cc1. The molecule has 25 heavy (non-hydrogen) atoms. The Bertz CT molecular complexity index is 705. The number of amides is 1. The molecular weight excluding hydrogens is 316 g/mol. The van der Waals surface area contributed by atoms with Gasteiger partial charge in [-0.05, 0) is 37.2 Å². The molecule has 0 bridgehead atoms. The van der Waals surface area contributed by atoms with Crippen LogP contribution < -0.4 is 10.1 Å². The molecule has 5 nitrogen and oxygen atoms in total. The van der Waals surface area contributed by atoms with E-state index in [0.717, 1.165) is 26.1 Å². The van der Waals surface area contributed by atoms with Crippen LogP contribution in [0.3, 0.4) is 0 Å². The second kappa shape index (κ2) is 8.44. The van der Waals surface area contributed by atoms with Gasteiger partial charge in [-0.1, -0.05) is 30.3 Å². The number of benzene rings is 2. The number of hydrogen-bond acceptors (Lipinski definition) is 4. The van der Waals surface area contributed by atoms with Gasteiger partial charge >= 0.3 is 0 Å². The van der Waals surface area contributed by atoms with Crippen LogP contribution in [0.15, 0.2) is 54.6 Å². The van der Waals surface area contributed by atoms with Crippen molar-refractivity contribution in [1.29, 1.82) is 0 Å². The maximum Gasteiger partial charge on any atom is 0.260 e. The van der Waals surface area contributed by atoms with Crippen molar-refractivity contribution < 1.29 is 14.3 Å². The van der Waals surface area contributed by atoms with E-state index < -0.39 is 0 Å². The fourth-order valence-corrected chi connectivity index (χ4v) is 2.79. The average molecular weight is 338 g/mol. The molecule has 0 radical (unpaired) electrons. The third kappa shape index (κ3) is 4.67. The van der Waals surface area contributed by atoms with Crippen molar-refractivity contribution in [3.8, 4) is 5.75 Å². The van der Waals surface area contributed by atoms with Crippen molar-refractivity contribution in [2.24, 2.45) is 0 Å². The Kier molecular flexibility index (Phi) is 5.80. The van der Waals surface area contributed by atoms with Crippen molar-refractivity contribution in [3.05, 3.63) is 65.7 Å². The molecule has 1 N–H and O–H groups in total. The fourth-order valence-electron chi connectivity index (χ4n) is 2.79. The quantitative estimate of drug-likeness (QED) is 0.849. The number of ketones is 1. The van der Waals surface area contributed by atoms with Gasteiger partial charge in [-0.2, -0.15) is 0 Å². The Morgan fingerprint density at radius 1 is 0.920 bits per heavy atom. The molecule has 1 aliphatic heterocycles. The largest absolute Gasteiger partial charge is 0.484 e. The molecule has 0 spiro atoms. The Labute approximate surface area is 147 Å². The third-order valence-corrected chi connectivity index (χ3v) is 4.21. The second-order valence-corrected chi connectivity index (χ2v) is 5.99. The van der Waals surface area contributed by atoms with E-state index in [1.807, 2.05) is 23.1 Å².